The summed E-state index contributed by atoms with van der Waals surface area (Å²) in [5.41, 5.74) is 4.37. The van der Waals surface area contributed by atoms with Gasteiger partial charge in [0.2, 0.25) is 5.89 Å². The molecular weight excluding hydrogens is 407 g/mol. The molecule has 0 radical (unpaired) electrons. The lowest BCUT2D eigenvalue weighted by atomic mass is 10.0. The van der Waals surface area contributed by atoms with E-state index in [1.165, 1.54) is 11.6 Å². The minimum Gasteiger partial charge on any atom is -0.436 e. The summed E-state index contributed by atoms with van der Waals surface area (Å²) >= 11 is 12.1. The van der Waals surface area contributed by atoms with Crippen LogP contribution in [0.1, 0.15) is 35.7 Å². The van der Waals surface area contributed by atoms with Crippen molar-refractivity contribution in [1.82, 2.24) is 4.98 Å². The Morgan fingerprint density at radius 1 is 1.00 bits per heavy atom. The molecule has 0 saturated carbocycles. The monoisotopic (exact) mass is 424 g/mol. The van der Waals surface area contributed by atoms with Crippen LogP contribution >= 0.6 is 23.2 Å². The molecule has 0 aliphatic rings. The molecule has 0 aliphatic heterocycles. The molecule has 3 aromatic carbocycles. The molecule has 0 fully saturated rings. The van der Waals surface area contributed by atoms with Crippen LogP contribution in [0.15, 0.2) is 65.1 Å². The van der Waals surface area contributed by atoms with Gasteiger partial charge in [0.05, 0.1) is 10.6 Å². The van der Waals surface area contributed by atoms with Crippen LogP contribution in [-0.2, 0) is 0 Å². The molecule has 146 valence electrons. The highest BCUT2D eigenvalue weighted by atomic mass is 35.5. The number of hydrogen-bond acceptors (Lipinski definition) is 3. The van der Waals surface area contributed by atoms with Gasteiger partial charge in [0, 0.05) is 16.3 Å². The largest absolute Gasteiger partial charge is 0.436 e. The zero-order valence-electron chi connectivity index (χ0n) is 15.9. The maximum Gasteiger partial charge on any atom is 0.257 e. The predicted octanol–water partition coefficient (Wildman–Crippen LogP) is 7.18. The normalized spacial score (nSPS) is 11.2. The summed E-state index contributed by atoms with van der Waals surface area (Å²) in [4.78, 5) is 17.1. The summed E-state index contributed by atoms with van der Waals surface area (Å²) in [5, 5.41) is 3.60. The van der Waals surface area contributed by atoms with Crippen molar-refractivity contribution in [2.24, 2.45) is 0 Å². The van der Waals surface area contributed by atoms with Crippen molar-refractivity contribution in [3.05, 3.63) is 81.8 Å². The molecule has 0 saturated heterocycles. The number of fused-ring (bicyclic) bond motifs is 1. The first kappa shape index (κ1) is 19.5. The van der Waals surface area contributed by atoms with Gasteiger partial charge < -0.3 is 9.73 Å². The number of hydrogen-bond donors (Lipinski definition) is 1. The van der Waals surface area contributed by atoms with Crippen LogP contribution in [0.3, 0.4) is 0 Å². The van der Waals surface area contributed by atoms with Crippen LogP contribution in [0.25, 0.3) is 22.6 Å². The van der Waals surface area contributed by atoms with Crippen LogP contribution in [0.4, 0.5) is 5.69 Å². The van der Waals surface area contributed by atoms with Gasteiger partial charge in [-0.1, -0.05) is 49.2 Å². The Balaban J connectivity index is 1.60. The number of amides is 1. The van der Waals surface area contributed by atoms with E-state index in [4.69, 9.17) is 27.6 Å². The molecule has 6 heteroatoms. The average molecular weight is 425 g/mol. The van der Waals surface area contributed by atoms with Gasteiger partial charge in [0.1, 0.15) is 5.52 Å². The average Bonchev–Trinajstić information content (AvgIpc) is 3.13. The third kappa shape index (κ3) is 4.14. The number of benzene rings is 3. The number of carbonyl (C=O) groups excluding carboxylic acids is 1. The Morgan fingerprint density at radius 2 is 1.76 bits per heavy atom. The Hall–Kier alpha value is -2.82. The molecule has 4 nitrogen and oxygen atoms in total. The third-order valence-electron chi connectivity index (χ3n) is 4.64. The van der Waals surface area contributed by atoms with Crippen LogP contribution < -0.4 is 5.32 Å². The van der Waals surface area contributed by atoms with Crippen molar-refractivity contribution in [3.63, 3.8) is 0 Å². The van der Waals surface area contributed by atoms with Crippen molar-refractivity contribution >= 4 is 45.9 Å². The molecule has 0 spiro atoms. The van der Waals surface area contributed by atoms with Crippen molar-refractivity contribution in [2.45, 2.75) is 19.8 Å². The summed E-state index contributed by atoms with van der Waals surface area (Å²) in [6.45, 7) is 4.31. The van der Waals surface area contributed by atoms with Crippen LogP contribution in [0.5, 0.6) is 0 Å². The second-order valence-corrected chi connectivity index (χ2v) is 7.90. The van der Waals surface area contributed by atoms with Gasteiger partial charge in [0.25, 0.3) is 5.91 Å². The number of oxazole rings is 1. The van der Waals surface area contributed by atoms with E-state index in [2.05, 4.69) is 36.3 Å². The minimum atomic E-state index is -0.343. The summed E-state index contributed by atoms with van der Waals surface area (Å²) < 4.78 is 5.87. The van der Waals surface area contributed by atoms with Crippen molar-refractivity contribution < 1.29 is 9.21 Å². The number of anilines is 1. The van der Waals surface area contributed by atoms with Crippen molar-refractivity contribution in [2.75, 3.05) is 5.32 Å². The second kappa shape index (κ2) is 7.90. The van der Waals surface area contributed by atoms with E-state index in [9.17, 15) is 4.79 Å². The second-order valence-electron chi connectivity index (χ2n) is 7.06. The minimum absolute atomic E-state index is 0.311. The zero-order chi connectivity index (χ0) is 20.5. The number of nitrogens with one attached hydrogen (secondary N) is 1. The molecular formula is C23H18Cl2N2O2. The fourth-order valence-corrected chi connectivity index (χ4v) is 3.38. The summed E-state index contributed by atoms with van der Waals surface area (Å²) in [6.07, 6.45) is 0. The Kier molecular flexibility index (Phi) is 5.31. The van der Waals surface area contributed by atoms with E-state index in [1.54, 1.807) is 30.3 Å². The Bertz CT molecular complexity index is 1200. The van der Waals surface area contributed by atoms with Crippen molar-refractivity contribution in [3.8, 4) is 11.5 Å². The van der Waals surface area contributed by atoms with E-state index >= 15 is 0 Å². The fourth-order valence-electron chi connectivity index (χ4n) is 3.01. The fraction of sp³-hybridized carbons (Fsp3) is 0.130. The first-order chi connectivity index (χ1) is 13.9. The molecule has 0 aliphatic carbocycles. The molecule has 0 bridgehead atoms. The van der Waals surface area contributed by atoms with E-state index in [-0.39, 0.29) is 5.91 Å². The molecule has 1 aromatic heterocycles. The van der Waals surface area contributed by atoms with E-state index in [0.29, 0.717) is 44.2 Å². The highest BCUT2D eigenvalue weighted by molar-refractivity contribution is 6.36. The highest BCUT2D eigenvalue weighted by Gasteiger charge is 2.14. The van der Waals surface area contributed by atoms with Gasteiger partial charge in [-0.15, -0.1) is 0 Å². The van der Waals surface area contributed by atoms with Gasteiger partial charge in [-0.05, 0) is 60.0 Å². The van der Waals surface area contributed by atoms with Crippen LogP contribution in [0.2, 0.25) is 10.0 Å². The standard InChI is InChI=1S/C23H18Cl2N2O2/c1-13(2)14-3-5-15(6-4-14)23-27-20-12-17(8-10-21(20)29-23)26-22(28)18-11-16(24)7-9-19(18)25/h3-13H,1-2H3,(H,26,28). The number of aromatic nitrogens is 1. The van der Waals surface area contributed by atoms with Gasteiger partial charge in [0.15, 0.2) is 5.58 Å². The zero-order valence-corrected chi connectivity index (χ0v) is 17.4. The first-order valence-electron chi connectivity index (χ1n) is 9.18. The molecule has 29 heavy (non-hydrogen) atoms. The lowest BCUT2D eigenvalue weighted by Crippen LogP contribution is -2.12. The molecule has 1 heterocycles. The molecule has 4 aromatic rings. The third-order valence-corrected chi connectivity index (χ3v) is 5.21. The van der Waals surface area contributed by atoms with Crippen LogP contribution in [-0.4, -0.2) is 10.9 Å². The Morgan fingerprint density at radius 3 is 2.48 bits per heavy atom. The summed E-state index contributed by atoms with van der Waals surface area (Å²) in [7, 11) is 0. The van der Waals surface area contributed by atoms with Gasteiger partial charge >= 0.3 is 0 Å². The number of rotatable bonds is 4. The predicted molar refractivity (Wildman–Crippen MR) is 118 cm³/mol. The molecule has 1 N–H and O–H groups in total. The van der Waals surface area contributed by atoms with Crippen LogP contribution in [0, 0.1) is 0 Å². The Labute approximate surface area is 178 Å². The lowest BCUT2D eigenvalue weighted by Gasteiger charge is -2.07. The molecule has 1 amide bonds. The van der Waals surface area contributed by atoms with Gasteiger partial charge in [-0.2, -0.15) is 0 Å². The quantitative estimate of drug-likeness (QED) is 0.377. The first-order valence-corrected chi connectivity index (χ1v) is 9.93. The SMILES string of the molecule is CC(C)c1ccc(-c2nc3cc(NC(=O)c4cc(Cl)ccc4Cl)ccc3o2)cc1. The van der Waals surface area contributed by atoms with Crippen molar-refractivity contribution in [1.29, 1.82) is 0 Å². The number of carbonyl (C=O) groups is 1. The van der Waals surface area contributed by atoms with Gasteiger partial charge in [-0.25, -0.2) is 4.98 Å². The van der Waals surface area contributed by atoms with E-state index in [0.717, 1.165) is 5.56 Å². The topological polar surface area (TPSA) is 55.1 Å². The maximum atomic E-state index is 12.5. The summed E-state index contributed by atoms with van der Waals surface area (Å²) in [5.74, 6) is 0.661. The smallest absolute Gasteiger partial charge is 0.257 e. The molecule has 0 unspecified atom stereocenters. The molecule has 0 atom stereocenters. The lowest BCUT2D eigenvalue weighted by molar-refractivity contribution is 0.102. The summed E-state index contributed by atoms with van der Waals surface area (Å²) in [6, 6.07) is 18.2. The number of halogens is 2. The maximum absolute atomic E-state index is 12.5. The van der Waals surface area contributed by atoms with Gasteiger partial charge in [-0.3, -0.25) is 4.79 Å². The molecule has 4 rings (SSSR count). The highest BCUT2D eigenvalue weighted by Crippen LogP contribution is 2.28. The number of nitrogens with zero attached hydrogens (tertiary/aromatic N) is 1. The van der Waals surface area contributed by atoms with E-state index in [1.807, 2.05) is 12.1 Å². The van der Waals surface area contributed by atoms with E-state index < -0.39 is 0 Å².